The summed E-state index contributed by atoms with van der Waals surface area (Å²) in [7, 11) is 0. The van der Waals surface area contributed by atoms with Crippen LogP contribution in [0.1, 0.15) is 63.0 Å². The third-order valence-electron chi connectivity index (χ3n) is 11.2. The van der Waals surface area contributed by atoms with Gasteiger partial charge in [0.25, 0.3) is 0 Å². The molecule has 54 heavy (non-hydrogen) atoms. The number of aryl methyl sites for hydroxylation is 1. The topological polar surface area (TPSA) is 14.2 Å². The van der Waals surface area contributed by atoms with Crippen molar-refractivity contribution in [3.05, 3.63) is 179 Å². The van der Waals surface area contributed by atoms with E-state index in [4.69, 9.17) is 0 Å². The number of aromatic nitrogens is 2. The molecule has 4 heteroatoms. The van der Waals surface area contributed by atoms with Gasteiger partial charge in [0.1, 0.15) is 6.54 Å². The SMILES string of the molecule is CCN1/C(=C\C(C)C(/C(C)=C/c2ccc3ccccc3[n+]2CC)[n+]2ccc(/C=C3\C=Cc4ccccc4N3CC)c3ccccc32)C=Cc2ccccc21. The van der Waals surface area contributed by atoms with Gasteiger partial charge in [-0.3, -0.25) is 0 Å². The fourth-order valence-electron chi connectivity index (χ4n) is 8.66. The van der Waals surface area contributed by atoms with Gasteiger partial charge in [-0.2, -0.15) is 9.13 Å². The fraction of sp³-hybridized carbons (Fsp3) is 0.200. The number of allylic oxidation sites excluding steroid dienone is 4. The second kappa shape index (κ2) is 15.2. The molecule has 0 fully saturated rings. The molecule has 4 nitrogen and oxygen atoms in total. The lowest BCUT2D eigenvalue weighted by atomic mass is 9.91. The van der Waals surface area contributed by atoms with Crippen LogP contribution < -0.4 is 18.9 Å². The highest BCUT2D eigenvalue weighted by molar-refractivity contribution is 5.89. The van der Waals surface area contributed by atoms with Crippen molar-refractivity contribution in [3.63, 3.8) is 0 Å². The van der Waals surface area contributed by atoms with Crippen LogP contribution in [0.4, 0.5) is 11.4 Å². The van der Waals surface area contributed by atoms with Crippen LogP contribution in [0.3, 0.4) is 0 Å². The molecule has 268 valence electrons. The van der Waals surface area contributed by atoms with E-state index < -0.39 is 0 Å². The molecule has 0 saturated carbocycles. The van der Waals surface area contributed by atoms with Gasteiger partial charge in [-0.15, -0.1) is 0 Å². The Kier molecular flexibility index (Phi) is 9.84. The summed E-state index contributed by atoms with van der Waals surface area (Å²) in [6.07, 6.45) is 18.6. The lowest BCUT2D eigenvalue weighted by molar-refractivity contribution is -0.694. The lowest BCUT2D eigenvalue weighted by Crippen LogP contribution is -2.44. The van der Waals surface area contributed by atoms with E-state index in [1.54, 1.807) is 0 Å². The third kappa shape index (κ3) is 6.47. The van der Waals surface area contributed by atoms with Gasteiger partial charge < -0.3 is 9.80 Å². The number of fused-ring (bicyclic) bond motifs is 4. The first-order valence-electron chi connectivity index (χ1n) is 19.5. The Morgan fingerprint density at radius 2 is 1.26 bits per heavy atom. The number of hydrogen-bond acceptors (Lipinski definition) is 2. The number of likely N-dealkylation sites (N-methyl/N-ethyl adjacent to an activating group) is 2. The van der Waals surface area contributed by atoms with Crippen LogP contribution in [0.25, 0.3) is 46.1 Å². The molecule has 0 amide bonds. The van der Waals surface area contributed by atoms with Crippen molar-refractivity contribution >= 4 is 57.5 Å². The van der Waals surface area contributed by atoms with Crippen molar-refractivity contribution in [2.45, 2.75) is 47.2 Å². The van der Waals surface area contributed by atoms with E-state index in [9.17, 15) is 0 Å². The molecule has 4 heterocycles. The van der Waals surface area contributed by atoms with Crippen LogP contribution >= 0.6 is 0 Å². The van der Waals surface area contributed by atoms with Crippen molar-refractivity contribution in [2.24, 2.45) is 5.92 Å². The standard InChI is InChI=1S/C50H50N4/c1-6-51-42(28-25-38-17-9-13-21-46(38)51)33-36(4)50(37(5)34-43-29-26-39-18-10-14-22-47(39)52(43)7-2)54-32-31-41(45-20-12-16-24-49(45)54)35-44-30-27-40-19-11-15-23-48(40)53(44)8-3/h9-36,50H,6-8H2,1-5H3/q+2/b37-34+,42-33-. The summed E-state index contributed by atoms with van der Waals surface area (Å²) >= 11 is 0. The van der Waals surface area contributed by atoms with Crippen LogP contribution in [0, 0.1) is 5.92 Å². The minimum Gasteiger partial charge on any atom is -0.342 e. The smallest absolute Gasteiger partial charge is 0.213 e. The van der Waals surface area contributed by atoms with Gasteiger partial charge >= 0.3 is 0 Å². The lowest BCUT2D eigenvalue weighted by Gasteiger charge is -2.30. The van der Waals surface area contributed by atoms with Crippen molar-refractivity contribution in [1.29, 1.82) is 0 Å². The number of nitrogens with zero attached hydrogens (tertiary/aromatic N) is 4. The second-order valence-corrected chi connectivity index (χ2v) is 14.4. The molecule has 2 aromatic heterocycles. The monoisotopic (exact) mass is 706 g/mol. The predicted molar refractivity (Wildman–Crippen MR) is 229 cm³/mol. The van der Waals surface area contributed by atoms with Crippen molar-refractivity contribution in [2.75, 3.05) is 22.9 Å². The Morgan fingerprint density at radius 3 is 1.96 bits per heavy atom. The van der Waals surface area contributed by atoms with Gasteiger partial charge in [0, 0.05) is 83.1 Å². The summed E-state index contributed by atoms with van der Waals surface area (Å²) in [4.78, 5) is 4.86. The zero-order chi connectivity index (χ0) is 37.2. The van der Waals surface area contributed by atoms with E-state index >= 15 is 0 Å². The van der Waals surface area contributed by atoms with Crippen LogP contribution in [-0.2, 0) is 6.54 Å². The number of benzene rings is 4. The predicted octanol–water partition coefficient (Wildman–Crippen LogP) is 11.2. The van der Waals surface area contributed by atoms with E-state index in [0.29, 0.717) is 0 Å². The number of para-hydroxylation sites is 4. The average Bonchev–Trinajstić information content (AvgIpc) is 3.21. The van der Waals surface area contributed by atoms with E-state index in [2.05, 4.69) is 218 Å². The minimum atomic E-state index is 0.0544. The molecular weight excluding hydrogens is 657 g/mol. The molecule has 2 aliphatic heterocycles. The van der Waals surface area contributed by atoms with Crippen LogP contribution in [0.5, 0.6) is 0 Å². The Hall–Kier alpha value is -6.00. The highest BCUT2D eigenvalue weighted by Crippen LogP contribution is 2.35. The average molecular weight is 707 g/mol. The second-order valence-electron chi connectivity index (χ2n) is 14.4. The van der Waals surface area contributed by atoms with Gasteiger partial charge in [-0.1, -0.05) is 85.8 Å². The first kappa shape index (κ1) is 35.1. The van der Waals surface area contributed by atoms with Crippen molar-refractivity contribution in [1.82, 2.24) is 0 Å². The molecule has 0 bridgehead atoms. The molecule has 2 aliphatic rings. The summed E-state index contributed by atoms with van der Waals surface area (Å²) < 4.78 is 4.95. The van der Waals surface area contributed by atoms with Crippen LogP contribution in [-0.4, -0.2) is 13.1 Å². The molecule has 0 radical (unpaired) electrons. The molecular formula is C50H50N4+2. The highest BCUT2D eigenvalue weighted by Gasteiger charge is 2.31. The zero-order valence-corrected chi connectivity index (χ0v) is 32.2. The molecule has 0 saturated heterocycles. The Balaban J connectivity index is 1.27. The Bertz CT molecular complexity index is 2510. The molecule has 4 aromatic carbocycles. The number of rotatable bonds is 9. The van der Waals surface area contributed by atoms with Crippen molar-refractivity contribution < 1.29 is 9.13 Å². The number of hydrogen-bond donors (Lipinski definition) is 0. The number of pyridine rings is 2. The molecule has 0 aliphatic carbocycles. The summed E-state index contributed by atoms with van der Waals surface area (Å²) in [5, 5.41) is 2.50. The summed E-state index contributed by atoms with van der Waals surface area (Å²) in [5.74, 6) is 0.168. The Labute approximate surface area is 320 Å². The molecule has 8 rings (SSSR count). The van der Waals surface area contributed by atoms with Crippen LogP contribution in [0.2, 0.25) is 0 Å². The maximum Gasteiger partial charge on any atom is 0.213 e. The largest absolute Gasteiger partial charge is 0.342 e. The molecule has 2 atom stereocenters. The van der Waals surface area contributed by atoms with E-state index in [1.165, 1.54) is 72.5 Å². The Morgan fingerprint density at radius 1 is 0.648 bits per heavy atom. The van der Waals surface area contributed by atoms with Gasteiger partial charge in [0.15, 0.2) is 12.2 Å². The minimum absolute atomic E-state index is 0.0544. The third-order valence-corrected chi connectivity index (χ3v) is 11.2. The van der Waals surface area contributed by atoms with Gasteiger partial charge in [0.2, 0.25) is 16.7 Å². The van der Waals surface area contributed by atoms with E-state index in [1.807, 2.05) is 0 Å². The highest BCUT2D eigenvalue weighted by atomic mass is 15.1. The summed E-state index contributed by atoms with van der Waals surface area (Å²) in [6, 6.07) is 41.9. The molecule has 0 N–H and O–H groups in total. The van der Waals surface area contributed by atoms with Crippen molar-refractivity contribution in [3.8, 4) is 0 Å². The molecule has 2 unspecified atom stereocenters. The maximum atomic E-state index is 2.52. The summed E-state index contributed by atoms with van der Waals surface area (Å²) in [5.41, 5.74) is 13.7. The summed E-state index contributed by atoms with van der Waals surface area (Å²) in [6.45, 7) is 14.1. The van der Waals surface area contributed by atoms with Gasteiger partial charge in [-0.25, -0.2) is 0 Å². The normalized spacial score (nSPS) is 16.6. The first-order chi connectivity index (χ1) is 26.5. The molecule has 6 aromatic rings. The van der Waals surface area contributed by atoms with E-state index in [-0.39, 0.29) is 12.0 Å². The fourth-order valence-corrected chi connectivity index (χ4v) is 8.66. The molecule has 0 spiro atoms. The maximum absolute atomic E-state index is 2.52. The quantitative estimate of drug-likeness (QED) is 0.139. The van der Waals surface area contributed by atoms with E-state index in [0.717, 1.165) is 19.6 Å². The zero-order valence-electron chi connectivity index (χ0n) is 32.2. The van der Waals surface area contributed by atoms with Gasteiger partial charge in [0.05, 0.1) is 5.39 Å². The van der Waals surface area contributed by atoms with Gasteiger partial charge in [-0.05, 0) is 92.9 Å². The number of anilines is 2. The van der Waals surface area contributed by atoms with Crippen LogP contribution in [0.15, 0.2) is 157 Å². The first-order valence-corrected chi connectivity index (χ1v) is 19.5.